The van der Waals surface area contributed by atoms with Gasteiger partial charge in [0.25, 0.3) is 0 Å². The normalized spacial score (nSPS) is 12.9. The van der Waals surface area contributed by atoms with Gasteiger partial charge in [-0.1, -0.05) is 19.9 Å². The number of hydrogen-bond acceptors (Lipinski definition) is 3. The van der Waals surface area contributed by atoms with Gasteiger partial charge in [-0.2, -0.15) is 0 Å². The first-order chi connectivity index (χ1) is 10.2. The van der Waals surface area contributed by atoms with Gasteiger partial charge < -0.3 is 14.8 Å². The van der Waals surface area contributed by atoms with Crippen LogP contribution in [0.3, 0.4) is 0 Å². The lowest BCUT2D eigenvalue weighted by Gasteiger charge is -2.07. The molecule has 110 valence electrons. The van der Waals surface area contributed by atoms with E-state index in [4.69, 9.17) is 4.42 Å². The van der Waals surface area contributed by atoms with Gasteiger partial charge >= 0.3 is 0 Å². The van der Waals surface area contributed by atoms with Crippen molar-refractivity contribution in [3.8, 4) is 0 Å². The van der Waals surface area contributed by atoms with Gasteiger partial charge in [-0.05, 0) is 42.3 Å². The Bertz CT molecular complexity index is 760. The molecule has 1 unspecified atom stereocenters. The summed E-state index contributed by atoms with van der Waals surface area (Å²) in [6, 6.07) is 12.4. The molecule has 0 saturated carbocycles. The fourth-order valence-corrected chi connectivity index (χ4v) is 2.59. The summed E-state index contributed by atoms with van der Waals surface area (Å²) in [5, 5.41) is 15.0. The SMILES string of the molecule is CCCNc1ccc2oc3ccc(C(C)CO)cc3c2c1. The van der Waals surface area contributed by atoms with E-state index in [0.717, 1.165) is 46.2 Å². The Kier molecular flexibility index (Phi) is 3.84. The molecule has 3 nitrogen and oxygen atoms in total. The highest BCUT2D eigenvalue weighted by Gasteiger charge is 2.11. The maximum Gasteiger partial charge on any atom is 0.135 e. The van der Waals surface area contributed by atoms with Crippen LogP contribution in [0.2, 0.25) is 0 Å². The van der Waals surface area contributed by atoms with Crippen LogP contribution in [0.25, 0.3) is 21.9 Å². The number of benzene rings is 2. The van der Waals surface area contributed by atoms with Crippen LogP contribution in [-0.2, 0) is 0 Å². The molecule has 0 fully saturated rings. The second-order valence-electron chi connectivity index (χ2n) is 5.58. The maximum absolute atomic E-state index is 9.33. The van der Waals surface area contributed by atoms with E-state index in [9.17, 15) is 5.11 Å². The molecule has 3 heteroatoms. The molecule has 3 rings (SSSR count). The maximum atomic E-state index is 9.33. The molecule has 21 heavy (non-hydrogen) atoms. The lowest BCUT2D eigenvalue weighted by Crippen LogP contribution is -1.99. The zero-order valence-corrected chi connectivity index (χ0v) is 12.5. The molecule has 3 aromatic rings. The summed E-state index contributed by atoms with van der Waals surface area (Å²) in [6.45, 7) is 5.30. The van der Waals surface area contributed by atoms with E-state index in [-0.39, 0.29) is 12.5 Å². The number of fused-ring (bicyclic) bond motifs is 3. The van der Waals surface area contributed by atoms with Crippen LogP contribution in [0.5, 0.6) is 0 Å². The fourth-order valence-electron chi connectivity index (χ4n) is 2.59. The largest absolute Gasteiger partial charge is 0.456 e. The van der Waals surface area contributed by atoms with Crippen LogP contribution in [0.1, 0.15) is 31.7 Å². The summed E-state index contributed by atoms with van der Waals surface area (Å²) >= 11 is 0. The second kappa shape index (κ2) is 5.78. The lowest BCUT2D eigenvalue weighted by molar-refractivity contribution is 0.273. The molecule has 0 saturated heterocycles. The van der Waals surface area contributed by atoms with Gasteiger partial charge in [-0.25, -0.2) is 0 Å². The highest BCUT2D eigenvalue weighted by atomic mass is 16.3. The van der Waals surface area contributed by atoms with Crippen LogP contribution < -0.4 is 5.32 Å². The molecule has 0 aliphatic carbocycles. The third-order valence-electron chi connectivity index (χ3n) is 3.92. The van der Waals surface area contributed by atoms with Crippen molar-refractivity contribution in [1.29, 1.82) is 0 Å². The number of anilines is 1. The molecule has 0 bridgehead atoms. The van der Waals surface area contributed by atoms with Gasteiger partial charge in [0.2, 0.25) is 0 Å². The van der Waals surface area contributed by atoms with E-state index in [1.807, 2.05) is 25.1 Å². The molecule has 1 atom stereocenters. The van der Waals surface area contributed by atoms with Crippen LogP contribution in [0.4, 0.5) is 5.69 Å². The minimum absolute atomic E-state index is 0.140. The first kappa shape index (κ1) is 14.0. The van der Waals surface area contributed by atoms with Crippen LogP contribution in [0, 0.1) is 0 Å². The monoisotopic (exact) mass is 283 g/mol. The summed E-state index contributed by atoms with van der Waals surface area (Å²) in [6.07, 6.45) is 1.10. The Balaban J connectivity index is 2.11. The molecule has 2 N–H and O–H groups in total. The molecule has 0 aliphatic heterocycles. The first-order valence-electron chi connectivity index (χ1n) is 7.54. The number of nitrogens with one attached hydrogen (secondary N) is 1. The van der Waals surface area contributed by atoms with Gasteiger partial charge in [0.05, 0.1) is 0 Å². The first-order valence-corrected chi connectivity index (χ1v) is 7.54. The third kappa shape index (κ3) is 2.61. The summed E-state index contributed by atoms with van der Waals surface area (Å²) in [7, 11) is 0. The summed E-state index contributed by atoms with van der Waals surface area (Å²) in [5.41, 5.74) is 4.06. The van der Waals surface area contributed by atoms with Gasteiger partial charge in [-0.3, -0.25) is 0 Å². The van der Waals surface area contributed by atoms with E-state index < -0.39 is 0 Å². The Morgan fingerprint density at radius 3 is 2.52 bits per heavy atom. The average Bonchev–Trinajstić information content (AvgIpc) is 2.89. The van der Waals surface area contributed by atoms with E-state index >= 15 is 0 Å². The van der Waals surface area contributed by atoms with Crippen LogP contribution in [0.15, 0.2) is 40.8 Å². The van der Waals surface area contributed by atoms with Gasteiger partial charge in [-0.15, -0.1) is 0 Å². The molecular weight excluding hydrogens is 262 g/mol. The average molecular weight is 283 g/mol. The molecule has 2 aromatic carbocycles. The van der Waals surface area contributed by atoms with Crippen molar-refractivity contribution >= 4 is 27.6 Å². The summed E-state index contributed by atoms with van der Waals surface area (Å²) in [4.78, 5) is 0. The van der Waals surface area contributed by atoms with Crippen molar-refractivity contribution in [2.45, 2.75) is 26.2 Å². The van der Waals surface area contributed by atoms with E-state index in [0.29, 0.717) is 0 Å². The van der Waals surface area contributed by atoms with Crippen molar-refractivity contribution in [3.63, 3.8) is 0 Å². The van der Waals surface area contributed by atoms with E-state index in [1.54, 1.807) is 0 Å². The molecule has 0 spiro atoms. The van der Waals surface area contributed by atoms with Crippen molar-refractivity contribution < 1.29 is 9.52 Å². The van der Waals surface area contributed by atoms with E-state index in [1.165, 1.54) is 0 Å². The molecule has 1 aromatic heterocycles. The van der Waals surface area contributed by atoms with E-state index in [2.05, 4.69) is 30.4 Å². The molecular formula is C18H21NO2. The lowest BCUT2D eigenvalue weighted by atomic mass is 10.00. The molecule has 0 radical (unpaired) electrons. The smallest absolute Gasteiger partial charge is 0.135 e. The fraction of sp³-hybridized carbons (Fsp3) is 0.333. The number of rotatable bonds is 5. The predicted molar refractivity (Wildman–Crippen MR) is 88.0 cm³/mol. The summed E-state index contributed by atoms with van der Waals surface area (Å²) in [5.74, 6) is 0.140. The molecule has 0 aliphatic rings. The number of aliphatic hydroxyl groups excluding tert-OH is 1. The highest BCUT2D eigenvalue weighted by molar-refractivity contribution is 6.06. The minimum atomic E-state index is 0.140. The van der Waals surface area contributed by atoms with Crippen LogP contribution >= 0.6 is 0 Å². The predicted octanol–water partition coefficient (Wildman–Crippen LogP) is 4.50. The Morgan fingerprint density at radius 1 is 1.10 bits per heavy atom. The number of furan rings is 1. The quantitative estimate of drug-likeness (QED) is 0.724. The third-order valence-corrected chi connectivity index (χ3v) is 3.92. The van der Waals surface area contributed by atoms with Crippen molar-refractivity contribution in [3.05, 3.63) is 42.0 Å². The topological polar surface area (TPSA) is 45.4 Å². The molecule has 0 amide bonds. The van der Waals surface area contributed by atoms with Gasteiger partial charge in [0.1, 0.15) is 11.2 Å². The second-order valence-corrected chi connectivity index (χ2v) is 5.58. The molecule has 1 heterocycles. The summed E-state index contributed by atoms with van der Waals surface area (Å²) < 4.78 is 5.89. The Labute approximate surface area is 124 Å². The highest BCUT2D eigenvalue weighted by Crippen LogP contribution is 2.32. The van der Waals surface area contributed by atoms with Crippen molar-refractivity contribution in [2.75, 3.05) is 18.5 Å². The zero-order chi connectivity index (χ0) is 14.8. The Morgan fingerprint density at radius 2 is 1.81 bits per heavy atom. The van der Waals surface area contributed by atoms with Crippen LogP contribution in [-0.4, -0.2) is 18.3 Å². The number of hydrogen-bond donors (Lipinski definition) is 2. The van der Waals surface area contributed by atoms with Crippen molar-refractivity contribution in [1.82, 2.24) is 0 Å². The standard InChI is InChI=1S/C18H21NO2/c1-3-8-19-14-5-7-18-16(10-14)15-9-13(12(2)11-20)4-6-17(15)21-18/h4-7,9-10,12,19-20H,3,8,11H2,1-2H3. The van der Waals surface area contributed by atoms with Gasteiger partial charge in [0.15, 0.2) is 0 Å². The Hall–Kier alpha value is -2.00. The van der Waals surface area contributed by atoms with Crippen molar-refractivity contribution in [2.24, 2.45) is 0 Å². The minimum Gasteiger partial charge on any atom is -0.456 e. The van der Waals surface area contributed by atoms with Gasteiger partial charge in [0, 0.05) is 35.5 Å². The number of aliphatic hydroxyl groups is 1. The zero-order valence-electron chi connectivity index (χ0n) is 12.5.